The smallest absolute Gasteiger partial charge is 0.239 e. The van der Waals surface area contributed by atoms with Gasteiger partial charge in [0.05, 0.1) is 6.04 Å². The maximum absolute atomic E-state index is 12.4. The van der Waals surface area contributed by atoms with E-state index in [1.807, 2.05) is 42.2 Å². The van der Waals surface area contributed by atoms with Gasteiger partial charge < -0.3 is 16.4 Å². The number of amides is 1. The first-order valence-corrected chi connectivity index (χ1v) is 7.42. The van der Waals surface area contributed by atoms with Crippen molar-refractivity contribution in [3.63, 3.8) is 0 Å². The van der Waals surface area contributed by atoms with Gasteiger partial charge in [0.15, 0.2) is 0 Å². The Morgan fingerprint density at radius 2 is 2.05 bits per heavy atom. The summed E-state index contributed by atoms with van der Waals surface area (Å²) >= 11 is 0. The normalized spacial score (nSPS) is 22.4. The number of nitrogens with zero attached hydrogens (tertiary/aromatic N) is 1. The average molecular weight is 275 g/mol. The zero-order valence-corrected chi connectivity index (χ0v) is 12.2. The second kappa shape index (κ2) is 6.86. The van der Waals surface area contributed by atoms with Crippen molar-refractivity contribution in [1.29, 1.82) is 0 Å². The fourth-order valence-electron chi connectivity index (χ4n) is 2.83. The van der Waals surface area contributed by atoms with Crippen LogP contribution in [0.3, 0.4) is 0 Å². The number of nitrogens with two attached hydrogens (primary N) is 2. The lowest BCUT2D eigenvalue weighted by atomic mass is 9.91. The number of carbonyl (C=O) groups is 1. The highest BCUT2D eigenvalue weighted by atomic mass is 16.2. The lowest BCUT2D eigenvalue weighted by Crippen LogP contribution is -2.51. The van der Waals surface area contributed by atoms with Gasteiger partial charge in [-0.2, -0.15) is 0 Å². The minimum atomic E-state index is -0.454. The van der Waals surface area contributed by atoms with Gasteiger partial charge in [-0.15, -0.1) is 0 Å². The van der Waals surface area contributed by atoms with E-state index in [1.165, 1.54) is 0 Å². The van der Waals surface area contributed by atoms with E-state index in [1.54, 1.807) is 0 Å². The second-order valence-corrected chi connectivity index (χ2v) is 5.84. The third-order valence-corrected chi connectivity index (χ3v) is 4.13. The van der Waals surface area contributed by atoms with Gasteiger partial charge in [0.2, 0.25) is 5.91 Å². The van der Waals surface area contributed by atoms with Gasteiger partial charge >= 0.3 is 0 Å². The summed E-state index contributed by atoms with van der Waals surface area (Å²) in [7, 11) is 0. The molecule has 0 saturated carbocycles. The highest BCUT2D eigenvalue weighted by Crippen LogP contribution is 2.19. The fraction of sp³-hybridized carbons (Fsp3) is 0.562. The van der Waals surface area contributed by atoms with Crippen LogP contribution in [-0.4, -0.2) is 36.0 Å². The Morgan fingerprint density at radius 1 is 1.35 bits per heavy atom. The van der Waals surface area contributed by atoms with Gasteiger partial charge in [-0.1, -0.05) is 30.3 Å². The maximum atomic E-state index is 12.4. The monoisotopic (exact) mass is 275 g/mol. The summed E-state index contributed by atoms with van der Waals surface area (Å²) in [5, 5.41) is 0. The molecular formula is C16H25N3O. The zero-order chi connectivity index (χ0) is 14.5. The van der Waals surface area contributed by atoms with E-state index in [0.29, 0.717) is 12.3 Å². The molecule has 0 radical (unpaired) electrons. The van der Waals surface area contributed by atoms with Gasteiger partial charge in [-0.05, 0) is 37.7 Å². The van der Waals surface area contributed by atoms with Crippen molar-refractivity contribution in [2.24, 2.45) is 17.4 Å². The number of benzene rings is 1. The Bertz CT molecular complexity index is 433. The number of piperidine rings is 1. The van der Waals surface area contributed by atoms with Crippen LogP contribution in [0.5, 0.6) is 0 Å². The van der Waals surface area contributed by atoms with Crippen molar-refractivity contribution in [2.75, 3.05) is 13.1 Å². The summed E-state index contributed by atoms with van der Waals surface area (Å²) in [6.45, 7) is 3.58. The topological polar surface area (TPSA) is 72.3 Å². The van der Waals surface area contributed by atoms with Crippen LogP contribution < -0.4 is 11.5 Å². The summed E-state index contributed by atoms with van der Waals surface area (Å²) in [5.41, 5.74) is 13.1. The third kappa shape index (κ3) is 3.81. The summed E-state index contributed by atoms with van der Waals surface area (Å²) in [6, 6.07) is 9.61. The largest absolute Gasteiger partial charge is 0.341 e. The molecule has 4 heteroatoms. The van der Waals surface area contributed by atoms with Gasteiger partial charge in [-0.25, -0.2) is 0 Å². The Hall–Kier alpha value is -1.39. The van der Waals surface area contributed by atoms with E-state index >= 15 is 0 Å². The molecule has 1 fully saturated rings. The van der Waals surface area contributed by atoms with Crippen LogP contribution >= 0.6 is 0 Å². The van der Waals surface area contributed by atoms with Crippen LogP contribution in [0.4, 0.5) is 0 Å². The van der Waals surface area contributed by atoms with Crippen molar-refractivity contribution >= 4 is 5.91 Å². The highest BCUT2D eigenvalue weighted by molar-refractivity contribution is 5.82. The molecule has 1 heterocycles. The number of likely N-dealkylation sites (tertiary alicyclic amines) is 1. The predicted octanol–water partition coefficient (Wildman–Crippen LogP) is 1.14. The van der Waals surface area contributed by atoms with E-state index in [4.69, 9.17) is 11.5 Å². The molecule has 2 rings (SSSR count). The molecule has 1 aromatic rings. The summed E-state index contributed by atoms with van der Waals surface area (Å²) in [6.07, 6.45) is 2.73. The fourth-order valence-corrected chi connectivity index (χ4v) is 2.83. The van der Waals surface area contributed by atoms with Crippen LogP contribution in [0.1, 0.15) is 25.3 Å². The number of hydrogen-bond acceptors (Lipinski definition) is 3. The number of rotatable bonds is 4. The molecule has 0 aliphatic carbocycles. The maximum Gasteiger partial charge on any atom is 0.239 e. The molecule has 1 aliphatic rings. The van der Waals surface area contributed by atoms with Crippen LogP contribution in [0, 0.1) is 5.92 Å². The van der Waals surface area contributed by atoms with E-state index < -0.39 is 6.04 Å². The van der Waals surface area contributed by atoms with Crippen LogP contribution in [-0.2, 0) is 11.2 Å². The van der Waals surface area contributed by atoms with Crippen LogP contribution in [0.15, 0.2) is 30.3 Å². The van der Waals surface area contributed by atoms with Crippen molar-refractivity contribution in [3.8, 4) is 0 Å². The number of carbonyl (C=O) groups excluding carboxylic acids is 1. The third-order valence-electron chi connectivity index (χ3n) is 4.13. The predicted molar refractivity (Wildman–Crippen MR) is 81.1 cm³/mol. The first-order chi connectivity index (χ1) is 9.58. The van der Waals surface area contributed by atoms with E-state index in [0.717, 1.165) is 31.5 Å². The Morgan fingerprint density at radius 3 is 2.70 bits per heavy atom. The summed E-state index contributed by atoms with van der Waals surface area (Å²) < 4.78 is 0. The molecule has 0 bridgehead atoms. The molecule has 0 unspecified atom stereocenters. The van der Waals surface area contributed by atoms with Crippen molar-refractivity contribution in [3.05, 3.63) is 35.9 Å². The number of hydrogen-bond donors (Lipinski definition) is 2. The molecule has 1 saturated heterocycles. The van der Waals surface area contributed by atoms with Crippen LogP contribution in [0.2, 0.25) is 0 Å². The van der Waals surface area contributed by atoms with Crippen molar-refractivity contribution < 1.29 is 4.79 Å². The molecule has 4 N–H and O–H groups in total. The first-order valence-electron chi connectivity index (χ1n) is 7.42. The molecule has 4 nitrogen and oxygen atoms in total. The van der Waals surface area contributed by atoms with Crippen molar-refractivity contribution in [2.45, 2.75) is 38.3 Å². The average Bonchev–Trinajstić information content (AvgIpc) is 2.47. The SMILES string of the molecule is C[C@H](N)[C@H]1CCCN(C(=O)[C@H](N)Cc2ccccc2)C1. The Labute approximate surface area is 121 Å². The molecule has 20 heavy (non-hydrogen) atoms. The van der Waals surface area contributed by atoms with Gasteiger partial charge in [0, 0.05) is 19.1 Å². The Kier molecular flexibility index (Phi) is 5.15. The minimum absolute atomic E-state index is 0.0548. The first kappa shape index (κ1) is 15.0. The standard InChI is InChI=1S/C16H25N3O/c1-12(17)14-8-5-9-19(11-14)16(20)15(18)10-13-6-3-2-4-7-13/h2-4,6-7,12,14-15H,5,8-11,17-18H2,1H3/t12-,14-,15+/m0/s1. The molecule has 1 aromatic carbocycles. The Balaban J connectivity index is 1.93. The second-order valence-electron chi connectivity index (χ2n) is 5.84. The van der Waals surface area contributed by atoms with E-state index in [2.05, 4.69) is 0 Å². The molecule has 1 aliphatic heterocycles. The van der Waals surface area contributed by atoms with Crippen LogP contribution in [0.25, 0.3) is 0 Å². The quantitative estimate of drug-likeness (QED) is 0.865. The lowest BCUT2D eigenvalue weighted by molar-refractivity contribution is -0.134. The molecule has 0 aromatic heterocycles. The summed E-state index contributed by atoms with van der Waals surface area (Å²) in [4.78, 5) is 14.3. The van der Waals surface area contributed by atoms with Gasteiger partial charge in [0.25, 0.3) is 0 Å². The molecule has 0 spiro atoms. The molecule has 1 amide bonds. The molecule has 110 valence electrons. The van der Waals surface area contributed by atoms with Gasteiger partial charge in [0.1, 0.15) is 0 Å². The molecule has 3 atom stereocenters. The zero-order valence-electron chi connectivity index (χ0n) is 12.2. The van der Waals surface area contributed by atoms with Gasteiger partial charge in [-0.3, -0.25) is 4.79 Å². The lowest BCUT2D eigenvalue weighted by Gasteiger charge is -2.36. The molecular weight excluding hydrogens is 250 g/mol. The van der Waals surface area contributed by atoms with E-state index in [-0.39, 0.29) is 11.9 Å². The van der Waals surface area contributed by atoms with Crippen molar-refractivity contribution in [1.82, 2.24) is 4.90 Å². The van der Waals surface area contributed by atoms with E-state index in [9.17, 15) is 4.79 Å². The minimum Gasteiger partial charge on any atom is -0.341 e. The summed E-state index contributed by atoms with van der Waals surface area (Å²) in [5.74, 6) is 0.454. The highest BCUT2D eigenvalue weighted by Gasteiger charge is 2.28.